The number of alkyl halides is 3. The third kappa shape index (κ3) is 3.59. The number of hydrogen-bond donors (Lipinski definition) is 1. The lowest BCUT2D eigenvalue weighted by atomic mass is 9.94. The molecule has 5 rings (SSSR count). The largest absolute Gasteiger partial charge is 0.416 e. The Labute approximate surface area is 191 Å². The van der Waals surface area contributed by atoms with Gasteiger partial charge in [-0.1, -0.05) is 54.6 Å². The lowest BCUT2D eigenvalue weighted by Crippen LogP contribution is -2.54. The van der Waals surface area contributed by atoms with E-state index in [9.17, 15) is 27.6 Å². The number of hydrogen-bond acceptors (Lipinski definition) is 3. The van der Waals surface area contributed by atoms with Crippen LogP contribution in [0.4, 0.5) is 23.7 Å². The van der Waals surface area contributed by atoms with Crippen molar-refractivity contribution in [2.24, 2.45) is 0 Å². The number of benzene rings is 4. The molecule has 0 spiro atoms. The van der Waals surface area contributed by atoms with E-state index in [1.807, 2.05) is 54.6 Å². The van der Waals surface area contributed by atoms with Gasteiger partial charge in [0.15, 0.2) is 0 Å². The van der Waals surface area contributed by atoms with Gasteiger partial charge in [0.25, 0.3) is 11.8 Å². The lowest BCUT2D eigenvalue weighted by molar-refractivity contribution is -0.137. The van der Waals surface area contributed by atoms with E-state index in [1.54, 1.807) is 0 Å². The van der Waals surface area contributed by atoms with Gasteiger partial charge in [-0.2, -0.15) is 13.2 Å². The Bertz CT molecular complexity index is 1490. The summed E-state index contributed by atoms with van der Waals surface area (Å²) in [7, 11) is 0. The second-order valence-corrected chi connectivity index (χ2v) is 7.74. The summed E-state index contributed by atoms with van der Waals surface area (Å²) < 4.78 is 39.5. The van der Waals surface area contributed by atoms with Crippen LogP contribution in [0.2, 0.25) is 0 Å². The molecule has 0 aliphatic carbocycles. The van der Waals surface area contributed by atoms with Crippen molar-refractivity contribution in [2.75, 3.05) is 4.90 Å². The first-order valence-electron chi connectivity index (χ1n) is 10.2. The number of carbonyl (C=O) groups excluding carboxylic acids is 3. The molecule has 1 N–H and O–H groups in total. The summed E-state index contributed by atoms with van der Waals surface area (Å²) in [5.41, 5.74) is -1.09. The number of fused-ring (bicyclic) bond motifs is 2. The van der Waals surface area contributed by atoms with Crippen molar-refractivity contribution in [1.82, 2.24) is 5.32 Å². The Morgan fingerprint density at radius 3 is 2.00 bits per heavy atom. The minimum absolute atomic E-state index is 0.293. The molecule has 0 saturated carbocycles. The average Bonchev–Trinajstić information content (AvgIpc) is 2.80. The van der Waals surface area contributed by atoms with Gasteiger partial charge in [0.1, 0.15) is 5.57 Å². The van der Waals surface area contributed by atoms with Gasteiger partial charge in [-0.3, -0.25) is 14.9 Å². The molecule has 34 heavy (non-hydrogen) atoms. The molecule has 0 unspecified atom stereocenters. The highest BCUT2D eigenvalue weighted by Crippen LogP contribution is 2.34. The van der Waals surface area contributed by atoms with Crippen LogP contribution in [0.25, 0.3) is 27.6 Å². The van der Waals surface area contributed by atoms with Crippen LogP contribution in [0, 0.1) is 0 Å². The molecular formula is C26H15F3N2O3. The summed E-state index contributed by atoms with van der Waals surface area (Å²) >= 11 is 0. The van der Waals surface area contributed by atoms with E-state index in [0.29, 0.717) is 16.5 Å². The van der Waals surface area contributed by atoms with Gasteiger partial charge in [-0.15, -0.1) is 0 Å². The molecule has 168 valence electrons. The Hall–Kier alpha value is -4.46. The monoisotopic (exact) mass is 460 g/mol. The van der Waals surface area contributed by atoms with Crippen molar-refractivity contribution in [1.29, 1.82) is 0 Å². The van der Waals surface area contributed by atoms with Gasteiger partial charge < -0.3 is 0 Å². The number of nitrogens with zero attached hydrogens (tertiary/aromatic N) is 1. The first kappa shape index (κ1) is 21.4. The number of imide groups is 2. The topological polar surface area (TPSA) is 66.5 Å². The highest BCUT2D eigenvalue weighted by Gasteiger charge is 2.38. The van der Waals surface area contributed by atoms with Crippen LogP contribution in [-0.4, -0.2) is 17.8 Å². The molecule has 1 fully saturated rings. The Morgan fingerprint density at radius 2 is 1.38 bits per heavy atom. The number of carbonyl (C=O) groups is 3. The summed E-state index contributed by atoms with van der Waals surface area (Å²) in [6.07, 6.45) is -3.28. The minimum atomic E-state index is -4.67. The summed E-state index contributed by atoms with van der Waals surface area (Å²) in [6, 6.07) is 19.5. The van der Waals surface area contributed by atoms with Crippen molar-refractivity contribution >= 4 is 51.2 Å². The fourth-order valence-corrected chi connectivity index (χ4v) is 4.06. The molecular weight excluding hydrogens is 445 g/mol. The maximum atomic E-state index is 13.3. The Kier molecular flexibility index (Phi) is 4.93. The van der Waals surface area contributed by atoms with E-state index in [4.69, 9.17) is 0 Å². The molecule has 1 heterocycles. The maximum Gasteiger partial charge on any atom is 0.416 e. The smallest absolute Gasteiger partial charge is 0.273 e. The highest BCUT2D eigenvalue weighted by molar-refractivity contribution is 6.39. The van der Waals surface area contributed by atoms with Crippen molar-refractivity contribution in [3.8, 4) is 0 Å². The second-order valence-electron chi connectivity index (χ2n) is 7.74. The molecule has 0 bridgehead atoms. The molecule has 4 aromatic carbocycles. The standard InChI is InChI=1S/C26H15F3N2O3/c27-26(28,29)17-8-5-9-18(13-17)31-24(33)22(23(32)30-25(31)34)14-21-19-10-3-1-6-15(19)12-16-7-2-4-11-20(16)21/h1-14H,(H,30,32,34)/b22-14+. The molecule has 1 aliphatic rings. The highest BCUT2D eigenvalue weighted by atomic mass is 19.4. The summed E-state index contributed by atoms with van der Waals surface area (Å²) in [5.74, 6) is -1.93. The van der Waals surface area contributed by atoms with Crippen LogP contribution in [0.15, 0.2) is 84.4 Å². The molecule has 0 aromatic heterocycles. The predicted octanol–water partition coefficient (Wildman–Crippen LogP) is 5.68. The summed E-state index contributed by atoms with van der Waals surface area (Å²) in [4.78, 5) is 38.9. The third-order valence-corrected chi connectivity index (χ3v) is 5.63. The van der Waals surface area contributed by atoms with Crippen LogP contribution in [0.3, 0.4) is 0 Å². The van der Waals surface area contributed by atoms with E-state index in [-0.39, 0.29) is 11.3 Å². The van der Waals surface area contributed by atoms with Crippen LogP contribution >= 0.6 is 0 Å². The fraction of sp³-hybridized carbons (Fsp3) is 0.0385. The van der Waals surface area contributed by atoms with Gasteiger partial charge in [-0.25, -0.2) is 9.69 Å². The number of anilines is 1. The molecule has 8 heteroatoms. The zero-order valence-corrected chi connectivity index (χ0v) is 17.4. The first-order valence-corrected chi connectivity index (χ1v) is 10.2. The van der Waals surface area contributed by atoms with Gasteiger partial charge in [-0.05, 0) is 57.4 Å². The summed E-state index contributed by atoms with van der Waals surface area (Å²) in [5, 5.41) is 5.36. The van der Waals surface area contributed by atoms with Gasteiger partial charge >= 0.3 is 12.2 Å². The quantitative estimate of drug-likeness (QED) is 0.238. The van der Waals surface area contributed by atoms with Crippen LogP contribution < -0.4 is 10.2 Å². The molecule has 0 atom stereocenters. The fourth-order valence-electron chi connectivity index (χ4n) is 4.06. The van der Waals surface area contributed by atoms with Gasteiger partial charge in [0.05, 0.1) is 11.3 Å². The van der Waals surface area contributed by atoms with Crippen molar-refractivity contribution in [3.63, 3.8) is 0 Å². The van der Waals surface area contributed by atoms with Gasteiger partial charge in [0.2, 0.25) is 0 Å². The Morgan fingerprint density at radius 1 is 0.765 bits per heavy atom. The third-order valence-electron chi connectivity index (χ3n) is 5.63. The molecule has 4 amide bonds. The molecule has 5 nitrogen and oxygen atoms in total. The van der Waals surface area contributed by atoms with E-state index in [0.717, 1.165) is 33.7 Å². The van der Waals surface area contributed by atoms with Crippen molar-refractivity contribution in [3.05, 3.63) is 95.6 Å². The number of barbiturate groups is 1. The molecule has 4 aromatic rings. The van der Waals surface area contributed by atoms with Crippen molar-refractivity contribution < 1.29 is 27.6 Å². The van der Waals surface area contributed by atoms with E-state index in [1.165, 1.54) is 12.1 Å². The number of halogens is 3. The summed E-state index contributed by atoms with van der Waals surface area (Å²) in [6.45, 7) is 0. The van der Waals surface area contributed by atoms with Gasteiger partial charge in [0, 0.05) is 0 Å². The van der Waals surface area contributed by atoms with E-state index in [2.05, 4.69) is 5.32 Å². The molecule has 1 saturated heterocycles. The number of rotatable bonds is 2. The average molecular weight is 460 g/mol. The Balaban J connectivity index is 1.68. The lowest BCUT2D eigenvalue weighted by Gasteiger charge is -2.27. The second kappa shape index (κ2) is 7.84. The predicted molar refractivity (Wildman–Crippen MR) is 122 cm³/mol. The van der Waals surface area contributed by atoms with E-state index >= 15 is 0 Å². The van der Waals surface area contributed by atoms with Crippen LogP contribution in [0.1, 0.15) is 11.1 Å². The maximum absolute atomic E-state index is 13.3. The molecule has 1 aliphatic heterocycles. The number of urea groups is 1. The minimum Gasteiger partial charge on any atom is -0.273 e. The zero-order chi connectivity index (χ0) is 24.0. The van der Waals surface area contributed by atoms with Crippen LogP contribution in [0.5, 0.6) is 0 Å². The zero-order valence-electron chi connectivity index (χ0n) is 17.4. The SMILES string of the molecule is O=C1NC(=O)N(c2cccc(C(F)(F)F)c2)C(=O)/C1=C/c1c2ccccc2cc2ccccc12. The first-order chi connectivity index (χ1) is 16.2. The normalized spacial score (nSPS) is 15.9. The molecule has 0 radical (unpaired) electrons. The van der Waals surface area contributed by atoms with E-state index < -0.39 is 29.6 Å². The number of amides is 4. The number of nitrogens with one attached hydrogen (secondary N) is 1. The van der Waals surface area contributed by atoms with Crippen LogP contribution in [-0.2, 0) is 15.8 Å². The van der Waals surface area contributed by atoms with Crippen molar-refractivity contribution in [2.45, 2.75) is 6.18 Å².